The minimum atomic E-state index is -0.0777. The van der Waals surface area contributed by atoms with Crippen LogP contribution in [0.1, 0.15) is 24.2 Å². The smallest absolute Gasteiger partial charge is 0.256 e. The molecule has 1 amide bonds. The zero-order valence-corrected chi connectivity index (χ0v) is 13.8. The molecule has 0 aliphatic carbocycles. The lowest BCUT2D eigenvalue weighted by molar-refractivity contribution is 0.0772. The highest BCUT2D eigenvalue weighted by Crippen LogP contribution is 2.26. The molecule has 1 N–H and O–H groups in total. The first kappa shape index (κ1) is 16.5. The van der Waals surface area contributed by atoms with E-state index in [1.54, 1.807) is 23.1 Å². The summed E-state index contributed by atoms with van der Waals surface area (Å²) in [5, 5.41) is 3.93. The number of aromatic nitrogens is 2. The molecule has 116 valence electrons. The van der Waals surface area contributed by atoms with E-state index in [9.17, 15) is 4.79 Å². The van der Waals surface area contributed by atoms with Gasteiger partial charge in [0.1, 0.15) is 0 Å². The number of halogens is 2. The molecule has 0 saturated carbocycles. The van der Waals surface area contributed by atoms with Crippen LogP contribution in [0.25, 0.3) is 0 Å². The number of hydrogen-bond acceptors (Lipinski definition) is 4. The monoisotopic (exact) mass is 338 g/mol. The van der Waals surface area contributed by atoms with E-state index in [1.807, 2.05) is 13.8 Å². The molecule has 0 aliphatic rings. The number of hydrogen-bond donors (Lipinski definition) is 1. The van der Waals surface area contributed by atoms with Crippen molar-refractivity contribution < 1.29 is 4.79 Å². The minimum absolute atomic E-state index is 0.0777. The number of anilines is 2. The zero-order valence-electron chi connectivity index (χ0n) is 12.3. The molecule has 0 saturated heterocycles. The van der Waals surface area contributed by atoms with E-state index >= 15 is 0 Å². The van der Waals surface area contributed by atoms with Gasteiger partial charge in [-0.3, -0.25) is 4.79 Å². The molecule has 2 rings (SSSR count). The summed E-state index contributed by atoms with van der Waals surface area (Å²) in [6.45, 7) is 5.17. The van der Waals surface area contributed by atoms with Crippen LogP contribution in [0, 0.1) is 0 Å². The second kappa shape index (κ2) is 7.42. The Hall–Kier alpha value is -1.85. The van der Waals surface area contributed by atoms with E-state index < -0.39 is 0 Å². The molecular weight excluding hydrogens is 323 g/mol. The fourth-order valence-electron chi connectivity index (χ4n) is 1.90. The third kappa shape index (κ3) is 3.87. The summed E-state index contributed by atoms with van der Waals surface area (Å²) in [7, 11) is 0. The largest absolute Gasteiger partial charge is 0.339 e. The lowest BCUT2D eigenvalue weighted by Crippen LogP contribution is -2.30. The van der Waals surface area contributed by atoms with Crippen LogP contribution in [0.2, 0.25) is 10.0 Å². The van der Waals surface area contributed by atoms with Crippen LogP contribution >= 0.6 is 23.2 Å². The predicted molar refractivity (Wildman–Crippen MR) is 89.0 cm³/mol. The van der Waals surface area contributed by atoms with E-state index in [4.69, 9.17) is 23.2 Å². The molecule has 0 aliphatic heterocycles. The summed E-state index contributed by atoms with van der Waals surface area (Å²) in [4.78, 5) is 22.2. The van der Waals surface area contributed by atoms with Gasteiger partial charge in [-0.25, -0.2) is 9.97 Å². The average Bonchev–Trinajstić information content (AvgIpc) is 2.53. The number of benzene rings is 1. The highest BCUT2D eigenvalue weighted by atomic mass is 35.5. The number of carbonyl (C=O) groups excluding carboxylic acids is 1. The first-order valence-corrected chi connectivity index (χ1v) is 7.64. The molecule has 0 bridgehead atoms. The van der Waals surface area contributed by atoms with Crippen LogP contribution in [-0.4, -0.2) is 33.9 Å². The molecular formula is C15H16Cl2N4O. The van der Waals surface area contributed by atoms with Gasteiger partial charge in [-0.2, -0.15) is 0 Å². The van der Waals surface area contributed by atoms with Gasteiger partial charge in [0, 0.05) is 31.2 Å². The van der Waals surface area contributed by atoms with Gasteiger partial charge in [0.05, 0.1) is 15.6 Å². The zero-order chi connectivity index (χ0) is 16.1. The highest BCUT2D eigenvalue weighted by Gasteiger charge is 2.13. The van der Waals surface area contributed by atoms with E-state index in [2.05, 4.69) is 15.3 Å². The Morgan fingerprint density at radius 2 is 1.77 bits per heavy atom. The molecule has 7 heteroatoms. The molecule has 5 nitrogen and oxygen atoms in total. The van der Waals surface area contributed by atoms with Crippen LogP contribution in [0.3, 0.4) is 0 Å². The predicted octanol–water partition coefficient (Wildman–Crippen LogP) is 4.01. The maximum Gasteiger partial charge on any atom is 0.256 e. The molecule has 1 aromatic carbocycles. The molecule has 22 heavy (non-hydrogen) atoms. The third-order valence-corrected chi connectivity index (χ3v) is 3.86. The number of carbonyl (C=O) groups is 1. The lowest BCUT2D eigenvalue weighted by atomic mass is 10.3. The summed E-state index contributed by atoms with van der Waals surface area (Å²) in [5.74, 6) is 0.306. The summed E-state index contributed by atoms with van der Waals surface area (Å²) in [5.41, 5.74) is 1.18. The second-order valence-corrected chi connectivity index (χ2v) is 5.34. The maximum absolute atomic E-state index is 12.2. The summed E-state index contributed by atoms with van der Waals surface area (Å²) < 4.78 is 0. The second-order valence-electron chi connectivity index (χ2n) is 4.53. The first-order chi connectivity index (χ1) is 10.5. The standard InChI is InChI=1S/C15H16Cl2N4O/c1-3-21(4-2)14(22)10-8-18-15(19-9-10)20-11-5-6-12(16)13(17)7-11/h5-9H,3-4H2,1-2H3,(H,18,19,20). The van der Waals surface area contributed by atoms with Crippen molar-refractivity contribution in [2.24, 2.45) is 0 Å². The van der Waals surface area contributed by atoms with E-state index in [-0.39, 0.29) is 5.91 Å². The fraction of sp³-hybridized carbons (Fsp3) is 0.267. The van der Waals surface area contributed by atoms with Crippen LogP contribution in [0.5, 0.6) is 0 Å². The Kier molecular flexibility index (Phi) is 5.57. The SMILES string of the molecule is CCN(CC)C(=O)c1cnc(Nc2ccc(Cl)c(Cl)c2)nc1. The Labute approximate surface area is 139 Å². The molecule has 0 unspecified atom stereocenters. The molecule has 0 spiro atoms. The Morgan fingerprint density at radius 1 is 1.14 bits per heavy atom. The Bertz CT molecular complexity index is 657. The van der Waals surface area contributed by atoms with Gasteiger partial charge in [0.2, 0.25) is 5.95 Å². The van der Waals surface area contributed by atoms with Crippen LogP contribution in [-0.2, 0) is 0 Å². The summed E-state index contributed by atoms with van der Waals surface area (Å²) >= 11 is 11.8. The van der Waals surface area contributed by atoms with Crippen molar-refractivity contribution in [2.75, 3.05) is 18.4 Å². The first-order valence-electron chi connectivity index (χ1n) is 6.88. The van der Waals surface area contributed by atoms with Gasteiger partial charge in [-0.1, -0.05) is 23.2 Å². The summed E-state index contributed by atoms with van der Waals surface area (Å²) in [6.07, 6.45) is 3.01. The quantitative estimate of drug-likeness (QED) is 0.894. The third-order valence-electron chi connectivity index (χ3n) is 3.13. The van der Waals surface area contributed by atoms with Crippen LogP contribution in [0.4, 0.5) is 11.6 Å². The Morgan fingerprint density at radius 3 is 2.32 bits per heavy atom. The van der Waals surface area contributed by atoms with Crippen molar-refractivity contribution in [1.82, 2.24) is 14.9 Å². The molecule has 0 radical (unpaired) electrons. The topological polar surface area (TPSA) is 58.1 Å². The molecule has 0 atom stereocenters. The number of amides is 1. The van der Waals surface area contributed by atoms with Gasteiger partial charge >= 0.3 is 0 Å². The van der Waals surface area contributed by atoms with Crippen molar-refractivity contribution >= 4 is 40.7 Å². The maximum atomic E-state index is 12.2. The van der Waals surface area contributed by atoms with Gasteiger partial charge < -0.3 is 10.2 Å². The minimum Gasteiger partial charge on any atom is -0.339 e. The lowest BCUT2D eigenvalue weighted by Gasteiger charge is -2.18. The average molecular weight is 339 g/mol. The number of rotatable bonds is 5. The summed E-state index contributed by atoms with van der Waals surface area (Å²) in [6, 6.07) is 5.14. The van der Waals surface area contributed by atoms with Crippen LogP contribution in [0.15, 0.2) is 30.6 Å². The fourth-order valence-corrected chi connectivity index (χ4v) is 2.20. The number of nitrogens with one attached hydrogen (secondary N) is 1. The van der Waals surface area contributed by atoms with E-state index in [0.29, 0.717) is 34.6 Å². The van der Waals surface area contributed by atoms with E-state index in [0.717, 1.165) is 5.69 Å². The van der Waals surface area contributed by atoms with Gasteiger partial charge in [-0.15, -0.1) is 0 Å². The van der Waals surface area contributed by atoms with Crippen molar-refractivity contribution in [3.8, 4) is 0 Å². The molecule has 1 heterocycles. The number of nitrogens with zero attached hydrogens (tertiary/aromatic N) is 3. The molecule has 2 aromatic rings. The van der Waals surface area contributed by atoms with Crippen molar-refractivity contribution in [1.29, 1.82) is 0 Å². The van der Waals surface area contributed by atoms with Crippen LogP contribution < -0.4 is 5.32 Å². The normalized spacial score (nSPS) is 10.4. The highest BCUT2D eigenvalue weighted by molar-refractivity contribution is 6.42. The van der Waals surface area contributed by atoms with Crippen molar-refractivity contribution in [3.63, 3.8) is 0 Å². The van der Waals surface area contributed by atoms with Gasteiger partial charge in [0.15, 0.2) is 0 Å². The molecule has 0 fully saturated rings. The van der Waals surface area contributed by atoms with Crippen molar-refractivity contribution in [3.05, 3.63) is 46.2 Å². The Balaban J connectivity index is 2.11. The van der Waals surface area contributed by atoms with Gasteiger partial charge in [-0.05, 0) is 32.0 Å². The van der Waals surface area contributed by atoms with Gasteiger partial charge in [0.25, 0.3) is 5.91 Å². The van der Waals surface area contributed by atoms with E-state index in [1.165, 1.54) is 12.4 Å². The van der Waals surface area contributed by atoms with Crippen molar-refractivity contribution in [2.45, 2.75) is 13.8 Å². The molecule has 1 aromatic heterocycles.